The topological polar surface area (TPSA) is 26.0 Å². The van der Waals surface area contributed by atoms with Gasteiger partial charge in [-0.3, -0.25) is 0 Å². The number of hydrogen-bond acceptors (Lipinski definition) is 1. The summed E-state index contributed by atoms with van der Waals surface area (Å²) >= 11 is 0. The zero-order chi connectivity index (χ0) is 10.9. The van der Waals surface area contributed by atoms with Crippen LogP contribution in [0.3, 0.4) is 0 Å². The van der Waals surface area contributed by atoms with Gasteiger partial charge in [-0.25, -0.2) is 0 Å². The maximum absolute atomic E-state index is 12.5. The molecule has 1 aromatic rings. The van der Waals surface area contributed by atoms with E-state index in [1.165, 1.54) is 13.0 Å². The minimum absolute atomic E-state index is 0.218. The van der Waals surface area contributed by atoms with Gasteiger partial charge in [0.15, 0.2) is 0 Å². The molecule has 2 N–H and O–H groups in total. The lowest BCUT2D eigenvalue weighted by molar-refractivity contribution is -0.138. The number of alkyl halides is 3. The summed E-state index contributed by atoms with van der Waals surface area (Å²) in [6.07, 6.45) is -4.30. The van der Waals surface area contributed by atoms with Gasteiger partial charge in [-0.15, -0.1) is 0 Å². The summed E-state index contributed by atoms with van der Waals surface area (Å²) in [5, 5.41) is 0. The van der Waals surface area contributed by atoms with Crippen LogP contribution >= 0.6 is 0 Å². The highest BCUT2D eigenvalue weighted by Gasteiger charge is 2.32. The van der Waals surface area contributed by atoms with Gasteiger partial charge in [-0.1, -0.05) is 12.1 Å². The second kappa shape index (κ2) is 3.61. The van der Waals surface area contributed by atoms with Crippen molar-refractivity contribution < 1.29 is 13.2 Å². The van der Waals surface area contributed by atoms with Gasteiger partial charge in [0.05, 0.1) is 5.56 Å². The molecule has 78 valence electrons. The summed E-state index contributed by atoms with van der Waals surface area (Å²) in [7, 11) is 0. The summed E-state index contributed by atoms with van der Waals surface area (Å²) in [5.41, 5.74) is 5.71. The molecule has 0 aromatic heterocycles. The lowest BCUT2D eigenvalue weighted by Crippen LogP contribution is -2.13. The Morgan fingerprint density at radius 2 is 1.86 bits per heavy atom. The highest BCUT2D eigenvalue weighted by Crippen LogP contribution is 2.33. The largest absolute Gasteiger partial charge is 0.416 e. The monoisotopic (exact) mass is 203 g/mol. The Kier molecular flexibility index (Phi) is 2.85. The fourth-order valence-electron chi connectivity index (χ4n) is 1.45. The third-order valence-corrected chi connectivity index (χ3v) is 2.17. The summed E-state index contributed by atoms with van der Waals surface area (Å²) in [6.45, 7) is 3.12. The van der Waals surface area contributed by atoms with E-state index in [-0.39, 0.29) is 11.6 Å². The summed E-state index contributed by atoms with van der Waals surface area (Å²) in [6, 6.07) is 3.70. The Bertz CT molecular complexity index is 329. The molecule has 0 aliphatic carbocycles. The molecule has 0 unspecified atom stereocenters. The van der Waals surface area contributed by atoms with Gasteiger partial charge >= 0.3 is 6.18 Å². The van der Waals surface area contributed by atoms with Gasteiger partial charge in [0, 0.05) is 6.04 Å². The fourth-order valence-corrected chi connectivity index (χ4v) is 1.45. The maximum Gasteiger partial charge on any atom is 0.416 e. The highest BCUT2D eigenvalue weighted by molar-refractivity contribution is 5.37. The van der Waals surface area contributed by atoms with Crippen molar-refractivity contribution in [2.24, 2.45) is 5.73 Å². The molecule has 1 nitrogen and oxygen atoms in total. The average molecular weight is 203 g/mol. The molecule has 0 fully saturated rings. The second-order valence-corrected chi connectivity index (χ2v) is 3.31. The Morgan fingerprint density at radius 1 is 1.29 bits per heavy atom. The van der Waals surface area contributed by atoms with E-state index in [9.17, 15) is 13.2 Å². The van der Waals surface area contributed by atoms with Crippen molar-refractivity contribution in [3.63, 3.8) is 0 Å². The van der Waals surface area contributed by atoms with Gasteiger partial charge in [0.2, 0.25) is 0 Å². The Morgan fingerprint density at radius 3 is 2.29 bits per heavy atom. The molecule has 0 heterocycles. The molecule has 0 amide bonds. The van der Waals surface area contributed by atoms with E-state index in [0.717, 1.165) is 6.07 Å². The van der Waals surface area contributed by atoms with Crippen molar-refractivity contribution in [1.29, 1.82) is 0 Å². The van der Waals surface area contributed by atoms with Crippen LogP contribution in [0.4, 0.5) is 13.2 Å². The van der Waals surface area contributed by atoms with E-state index >= 15 is 0 Å². The van der Waals surface area contributed by atoms with E-state index in [1.807, 2.05) is 0 Å². The van der Waals surface area contributed by atoms with Crippen LogP contribution in [0.5, 0.6) is 0 Å². The van der Waals surface area contributed by atoms with Crippen molar-refractivity contribution in [1.82, 2.24) is 0 Å². The molecule has 1 aromatic carbocycles. The van der Waals surface area contributed by atoms with Crippen LogP contribution in [0.15, 0.2) is 18.2 Å². The zero-order valence-corrected chi connectivity index (χ0v) is 8.02. The first kappa shape index (κ1) is 11.0. The third kappa shape index (κ3) is 2.07. The van der Waals surface area contributed by atoms with Crippen LogP contribution < -0.4 is 5.73 Å². The number of halogens is 3. The predicted molar refractivity (Wildman–Crippen MR) is 48.8 cm³/mol. The van der Waals surface area contributed by atoms with Crippen molar-refractivity contribution >= 4 is 0 Å². The molecule has 0 aliphatic rings. The van der Waals surface area contributed by atoms with Crippen molar-refractivity contribution in [2.75, 3.05) is 0 Å². The summed E-state index contributed by atoms with van der Waals surface area (Å²) in [5.74, 6) is 0. The predicted octanol–water partition coefficient (Wildman–Crippen LogP) is 3.03. The van der Waals surface area contributed by atoms with Crippen molar-refractivity contribution in [2.45, 2.75) is 26.1 Å². The molecule has 1 rings (SSSR count). The Labute approximate surface area is 80.7 Å². The lowest BCUT2D eigenvalue weighted by Gasteiger charge is -2.15. The molecule has 0 spiro atoms. The molecule has 0 radical (unpaired) electrons. The van der Waals surface area contributed by atoms with Crippen molar-refractivity contribution in [3.05, 3.63) is 34.9 Å². The first-order valence-electron chi connectivity index (χ1n) is 4.26. The smallest absolute Gasteiger partial charge is 0.324 e. The first-order valence-corrected chi connectivity index (χ1v) is 4.26. The zero-order valence-electron chi connectivity index (χ0n) is 8.02. The Balaban J connectivity index is 3.28. The van der Waals surface area contributed by atoms with Crippen LogP contribution in [0.2, 0.25) is 0 Å². The highest BCUT2D eigenvalue weighted by atomic mass is 19.4. The minimum Gasteiger partial charge on any atom is -0.324 e. The van der Waals surface area contributed by atoms with E-state index in [1.54, 1.807) is 13.0 Å². The van der Waals surface area contributed by atoms with Gasteiger partial charge in [-0.2, -0.15) is 13.2 Å². The molecule has 0 saturated heterocycles. The van der Waals surface area contributed by atoms with Gasteiger partial charge in [0.25, 0.3) is 0 Å². The maximum atomic E-state index is 12.5. The van der Waals surface area contributed by atoms with Crippen LogP contribution in [0.1, 0.15) is 29.7 Å². The first-order chi connectivity index (χ1) is 6.34. The molecule has 0 saturated carbocycles. The minimum atomic E-state index is -4.30. The SMILES string of the molecule is Cc1c([C@H](C)N)cccc1C(F)(F)F. The van der Waals surface area contributed by atoms with Gasteiger partial charge in [0.1, 0.15) is 0 Å². The van der Waals surface area contributed by atoms with Gasteiger partial charge in [-0.05, 0) is 31.0 Å². The van der Waals surface area contributed by atoms with E-state index in [0.29, 0.717) is 5.56 Å². The van der Waals surface area contributed by atoms with E-state index in [4.69, 9.17) is 5.73 Å². The second-order valence-electron chi connectivity index (χ2n) is 3.31. The van der Waals surface area contributed by atoms with Crippen LogP contribution in [-0.2, 0) is 6.18 Å². The fraction of sp³-hybridized carbons (Fsp3) is 0.400. The lowest BCUT2D eigenvalue weighted by atomic mass is 9.98. The van der Waals surface area contributed by atoms with E-state index in [2.05, 4.69) is 0 Å². The quantitative estimate of drug-likeness (QED) is 0.745. The molecule has 14 heavy (non-hydrogen) atoms. The summed E-state index contributed by atoms with van der Waals surface area (Å²) < 4.78 is 37.4. The van der Waals surface area contributed by atoms with E-state index < -0.39 is 11.7 Å². The van der Waals surface area contributed by atoms with Gasteiger partial charge < -0.3 is 5.73 Å². The van der Waals surface area contributed by atoms with Crippen molar-refractivity contribution in [3.8, 4) is 0 Å². The van der Waals surface area contributed by atoms with Crippen LogP contribution in [0.25, 0.3) is 0 Å². The molecule has 1 atom stereocenters. The third-order valence-electron chi connectivity index (χ3n) is 2.17. The van der Waals surface area contributed by atoms with Crippen LogP contribution in [-0.4, -0.2) is 0 Å². The number of benzene rings is 1. The number of rotatable bonds is 1. The molecular weight excluding hydrogens is 191 g/mol. The molecule has 4 heteroatoms. The molecule has 0 aliphatic heterocycles. The average Bonchev–Trinajstić information content (AvgIpc) is 2.01. The molecule has 0 bridgehead atoms. The molecular formula is C10H12F3N. The number of hydrogen-bond donors (Lipinski definition) is 1. The summed E-state index contributed by atoms with van der Waals surface area (Å²) in [4.78, 5) is 0. The standard InChI is InChI=1S/C10H12F3N/c1-6-8(7(2)14)4-3-5-9(6)10(11,12)13/h3-5,7H,14H2,1-2H3/t7-/m0/s1. The normalized spacial score (nSPS) is 14.1. The van der Waals surface area contributed by atoms with Crippen LogP contribution in [0, 0.1) is 6.92 Å². The number of nitrogens with two attached hydrogens (primary N) is 1. The Hall–Kier alpha value is -1.03.